The molecule has 2 nitrogen and oxygen atoms in total. The van der Waals surface area contributed by atoms with Crippen molar-refractivity contribution in [1.29, 1.82) is 0 Å². The lowest BCUT2D eigenvalue weighted by Crippen LogP contribution is -2.65. The molecule has 0 aromatic carbocycles. The minimum atomic E-state index is 0.446. The Morgan fingerprint density at radius 3 is 2.35 bits per heavy atom. The quantitative estimate of drug-likeness (QED) is 0.792. The van der Waals surface area contributed by atoms with E-state index in [-0.39, 0.29) is 0 Å². The molecule has 2 fully saturated rings. The van der Waals surface area contributed by atoms with Crippen LogP contribution < -0.4 is 5.32 Å². The van der Waals surface area contributed by atoms with Crippen molar-refractivity contribution < 1.29 is 0 Å². The second-order valence-corrected chi connectivity index (χ2v) is 6.12. The van der Waals surface area contributed by atoms with Crippen LogP contribution in [0, 0.1) is 5.92 Å². The summed E-state index contributed by atoms with van der Waals surface area (Å²) < 4.78 is 0. The predicted octanol–water partition coefficient (Wildman–Crippen LogP) is 3.03. The lowest BCUT2D eigenvalue weighted by atomic mass is 9.81. The van der Waals surface area contributed by atoms with Crippen molar-refractivity contribution in [2.45, 2.75) is 70.9 Å². The lowest BCUT2D eigenvalue weighted by Gasteiger charge is -2.51. The lowest BCUT2D eigenvalue weighted by molar-refractivity contribution is 0.00754. The van der Waals surface area contributed by atoms with E-state index in [4.69, 9.17) is 0 Å². The Bertz CT molecular complexity index is 229. The first-order valence-electron chi connectivity index (χ1n) is 7.72. The molecule has 100 valence electrons. The average molecular weight is 238 g/mol. The SMILES string of the molecule is CCC1CN(CC2CCC2)C(CC)(CC)CN1. The Morgan fingerprint density at radius 1 is 1.18 bits per heavy atom. The van der Waals surface area contributed by atoms with E-state index in [9.17, 15) is 0 Å². The maximum atomic E-state index is 3.76. The minimum Gasteiger partial charge on any atom is -0.311 e. The molecule has 1 N–H and O–H groups in total. The Morgan fingerprint density at radius 2 is 1.88 bits per heavy atom. The average Bonchev–Trinajstić information content (AvgIpc) is 2.33. The number of nitrogens with zero attached hydrogens (tertiary/aromatic N) is 1. The third-order valence-electron chi connectivity index (χ3n) is 5.34. The molecule has 2 aliphatic rings. The molecule has 0 bridgehead atoms. The van der Waals surface area contributed by atoms with Crippen molar-refractivity contribution in [2.24, 2.45) is 5.92 Å². The molecular weight excluding hydrogens is 208 g/mol. The molecule has 1 atom stereocenters. The van der Waals surface area contributed by atoms with E-state index in [0.717, 1.165) is 12.0 Å². The van der Waals surface area contributed by atoms with Crippen molar-refractivity contribution in [3.8, 4) is 0 Å². The first-order chi connectivity index (χ1) is 8.24. The topological polar surface area (TPSA) is 15.3 Å². The van der Waals surface area contributed by atoms with Crippen molar-refractivity contribution in [2.75, 3.05) is 19.6 Å². The molecule has 0 aromatic heterocycles. The van der Waals surface area contributed by atoms with E-state index in [1.54, 1.807) is 0 Å². The third kappa shape index (κ3) is 2.68. The van der Waals surface area contributed by atoms with Gasteiger partial charge in [0, 0.05) is 31.2 Å². The van der Waals surface area contributed by atoms with E-state index in [1.165, 1.54) is 58.2 Å². The molecule has 0 radical (unpaired) electrons. The van der Waals surface area contributed by atoms with Crippen LogP contribution in [0.3, 0.4) is 0 Å². The predicted molar refractivity (Wildman–Crippen MR) is 74.3 cm³/mol. The highest BCUT2D eigenvalue weighted by molar-refractivity contribution is 4.98. The van der Waals surface area contributed by atoms with Gasteiger partial charge < -0.3 is 5.32 Å². The molecule has 1 aliphatic carbocycles. The fourth-order valence-corrected chi connectivity index (χ4v) is 3.45. The third-order valence-corrected chi connectivity index (χ3v) is 5.34. The molecule has 1 unspecified atom stereocenters. The summed E-state index contributed by atoms with van der Waals surface area (Å²) in [6, 6.07) is 0.723. The van der Waals surface area contributed by atoms with Gasteiger partial charge in [-0.3, -0.25) is 4.90 Å². The van der Waals surface area contributed by atoms with Crippen molar-refractivity contribution in [3.05, 3.63) is 0 Å². The largest absolute Gasteiger partial charge is 0.311 e. The van der Waals surface area contributed by atoms with Gasteiger partial charge in [0.1, 0.15) is 0 Å². The van der Waals surface area contributed by atoms with Gasteiger partial charge in [0.25, 0.3) is 0 Å². The fourth-order valence-electron chi connectivity index (χ4n) is 3.45. The normalized spacial score (nSPS) is 30.2. The van der Waals surface area contributed by atoms with Gasteiger partial charge in [-0.15, -0.1) is 0 Å². The summed E-state index contributed by atoms with van der Waals surface area (Å²) in [5.41, 5.74) is 0.446. The van der Waals surface area contributed by atoms with Crippen molar-refractivity contribution >= 4 is 0 Å². The van der Waals surface area contributed by atoms with Gasteiger partial charge in [-0.05, 0) is 38.0 Å². The van der Waals surface area contributed by atoms with Crippen LogP contribution in [0.5, 0.6) is 0 Å². The number of piperazine rings is 1. The molecule has 0 aromatic rings. The second-order valence-electron chi connectivity index (χ2n) is 6.12. The molecule has 17 heavy (non-hydrogen) atoms. The maximum Gasteiger partial charge on any atom is 0.0329 e. The first kappa shape index (κ1) is 13.4. The van der Waals surface area contributed by atoms with Crippen LogP contribution in [0.15, 0.2) is 0 Å². The standard InChI is InChI=1S/C15H30N2/c1-4-14-11-17(10-13-8-7-9-13)15(5-2,6-3)12-16-14/h13-14,16H,4-12H2,1-3H3. The van der Waals surface area contributed by atoms with Crippen LogP contribution in [-0.2, 0) is 0 Å². The van der Waals surface area contributed by atoms with Crippen LogP contribution in [-0.4, -0.2) is 36.1 Å². The highest BCUT2D eigenvalue weighted by atomic mass is 15.3. The van der Waals surface area contributed by atoms with Gasteiger partial charge in [0.15, 0.2) is 0 Å². The van der Waals surface area contributed by atoms with E-state index in [1.807, 2.05) is 0 Å². The number of hydrogen-bond donors (Lipinski definition) is 1. The summed E-state index contributed by atoms with van der Waals surface area (Å²) in [5, 5.41) is 3.76. The number of rotatable bonds is 5. The first-order valence-corrected chi connectivity index (χ1v) is 7.72. The van der Waals surface area contributed by atoms with Crippen LogP contribution in [0.2, 0.25) is 0 Å². The summed E-state index contributed by atoms with van der Waals surface area (Å²) in [7, 11) is 0. The zero-order valence-electron chi connectivity index (χ0n) is 12.0. The monoisotopic (exact) mass is 238 g/mol. The summed E-state index contributed by atoms with van der Waals surface area (Å²) >= 11 is 0. The minimum absolute atomic E-state index is 0.446. The molecule has 1 aliphatic heterocycles. The molecule has 0 spiro atoms. The molecule has 0 amide bonds. The Labute approximate surface area is 107 Å². The van der Waals surface area contributed by atoms with Gasteiger partial charge in [0.2, 0.25) is 0 Å². The van der Waals surface area contributed by atoms with E-state index in [2.05, 4.69) is 31.0 Å². The summed E-state index contributed by atoms with van der Waals surface area (Å²) in [6.07, 6.45) is 8.28. The van der Waals surface area contributed by atoms with Crippen LogP contribution >= 0.6 is 0 Å². The zero-order chi connectivity index (χ0) is 12.3. The van der Waals surface area contributed by atoms with Gasteiger partial charge in [-0.25, -0.2) is 0 Å². The van der Waals surface area contributed by atoms with E-state index in [0.29, 0.717) is 5.54 Å². The summed E-state index contributed by atoms with van der Waals surface area (Å²) in [4.78, 5) is 2.83. The van der Waals surface area contributed by atoms with E-state index >= 15 is 0 Å². The number of hydrogen-bond acceptors (Lipinski definition) is 2. The highest BCUT2D eigenvalue weighted by Gasteiger charge is 2.39. The van der Waals surface area contributed by atoms with Gasteiger partial charge in [0.05, 0.1) is 0 Å². The smallest absolute Gasteiger partial charge is 0.0329 e. The Balaban J connectivity index is 2.01. The van der Waals surface area contributed by atoms with Gasteiger partial charge in [-0.2, -0.15) is 0 Å². The van der Waals surface area contributed by atoms with Crippen LogP contribution in [0.4, 0.5) is 0 Å². The maximum absolute atomic E-state index is 3.76. The summed E-state index contributed by atoms with van der Waals surface area (Å²) in [5.74, 6) is 1.00. The van der Waals surface area contributed by atoms with Crippen molar-refractivity contribution in [3.63, 3.8) is 0 Å². The molecule has 2 heteroatoms. The van der Waals surface area contributed by atoms with Crippen molar-refractivity contribution in [1.82, 2.24) is 10.2 Å². The summed E-state index contributed by atoms with van der Waals surface area (Å²) in [6.45, 7) is 10.9. The molecule has 1 heterocycles. The van der Waals surface area contributed by atoms with Gasteiger partial charge in [-0.1, -0.05) is 27.2 Å². The van der Waals surface area contributed by atoms with Crippen LogP contribution in [0.25, 0.3) is 0 Å². The van der Waals surface area contributed by atoms with Crippen LogP contribution in [0.1, 0.15) is 59.3 Å². The highest BCUT2D eigenvalue weighted by Crippen LogP contribution is 2.33. The fraction of sp³-hybridized carbons (Fsp3) is 1.00. The van der Waals surface area contributed by atoms with Gasteiger partial charge >= 0.3 is 0 Å². The Kier molecular flexibility index (Phi) is 4.48. The molecule has 1 saturated carbocycles. The second kappa shape index (κ2) is 5.71. The zero-order valence-corrected chi connectivity index (χ0v) is 12.0. The van der Waals surface area contributed by atoms with E-state index < -0.39 is 0 Å². The Hall–Kier alpha value is -0.0800. The molecule has 1 saturated heterocycles. The number of nitrogens with one attached hydrogen (secondary N) is 1. The molecular formula is C15H30N2. The molecule has 2 rings (SSSR count).